The molecule has 230 valence electrons. The normalized spacial score (nSPS) is 44.6. The van der Waals surface area contributed by atoms with E-state index in [1.165, 1.54) is 6.42 Å². The molecule has 0 radical (unpaired) electrons. The molecule has 0 aromatic carbocycles. The monoisotopic (exact) mass is 580 g/mol. The van der Waals surface area contributed by atoms with Crippen LogP contribution in [-0.4, -0.2) is 48.7 Å². The third-order valence-corrected chi connectivity index (χ3v) is 15.1. The Labute approximate surface area is 243 Å². The van der Waals surface area contributed by atoms with Crippen LogP contribution in [0.5, 0.6) is 0 Å². The van der Waals surface area contributed by atoms with Gasteiger partial charge in [0.15, 0.2) is 0 Å². The molecule has 7 nitrogen and oxygen atoms in total. The van der Waals surface area contributed by atoms with Gasteiger partial charge in [0.2, 0.25) is 10.0 Å². The van der Waals surface area contributed by atoms with Crippen molar-refractivity contribution in [1.29, 1.82) is 0 Å². The van der Waals surface area contributed by atoms with E-state index in [2.05, 4.69) is 37.7 Å². The summed E-state index contributed by atoms with van der Waals surface area (Å²) >= 11 is 0. The van der Waals surface area contributed by atoms with E-state index in [0.717, 1.165) is 70.6 Å². The highest BCUT2D eigenvalue weighted by Crippen LogP contribution is 2.69. The number of urea groups is 1. The largest absolute Gasteiger partial charge is 0.393 e. The number of rotatable bonds is 7. The average molecular weight is 581 g/mol. The summed E-state index contributed by atoms with van der Waals surface area (Å²) < 4.78 is 27.5. The van der Waals surface area contributed by atoms with Gasteiger partial charge >= 0.3 is 6.03 Å². The lowest BCUT2D eigenvalue weighted by Gasteiger charge is -2.64. The first-order chi connectivity index (χ1) is 18.9. The molecule has 0 unspecified atom stereocenters. The Morgan fingerprint density at radius 1 is 0.925 bits per heavy atom. The summed E-state index contributed by atoms with van der Waals surface area (Å²) in [6, 6.07) is -0.592. The molecular formula is C32H56N2O5S. The molecule has 0 spiro atoms. The van der Waals surface area contributed by atoms with Gasteiger partial charge in [-0.25, -0.2) is 17.9 Å². The Balaban J connectivity index is 1.21. The molecule has 0 aromatic rings. The highest BCUT2D eigenvalue weighted by Gasteiger charge is 2.64. The van der Waals surface area contributed by atoms with Gasteiger partial charge in [-0.2, -0.15) is 0 Å². The van der Waals surface area contributed by atoms with Crippen LogP contribution in [0.4, 0.5) is 4.79 Å². The first kappa shape index (κ1) is 30.6. The molecule has 5 fully saturated rings. The van der Waals surface area contributed by atoms with E-state index in [9.17, 15) is 23.4 Å². The Kier molecular flexibility index (Phi) is 8.93. The van der Waals surface area contributed by atoms with E-state index in [4.69, 9.17) is 0 Å². The molecule has 0 saturated heterocycles. The van der Waals surface area contributed by atoms with Crippen molar-refractivity contribution < 1.29 is 23.4 Å². The van der Waals surface area contributed by atoms with Crippen molar-refractivity contribution >= 4 is 16.1 Å². The van der Waals surface area contributed by atoms with Crippen molar-refractivity contribution in [3.8, 4) is 0 Å². The number of carbonyl (C=O) groups excluding carboxylic acids is 1. The third kappa shape index (κ3) is 5.36. The van der Waals surface area contributed by atoms with Gasteiger partial charge in [-0.1, -0.05) is 53.4 Å². The van der Waals surface area contributed by atoms with Gasteiger partial charge in [0.1, 0.15) is 0 Å². The van der Waals surface area contributed by atoms with Crippen molar-refractivity contribution in [1.82, 2.24) is 10.0 Å². The number of hydrogen-bond donors (Lipinski definition) is 4. The van der Waals surface area contributed by atoms with Crippen LogP contribution < -0.4 is 10.0 Å². The molecule has 11 atom stereocenters. The lowest BCUT2D eigenvalue weighted by atomic mass is 9.41. The Bertz CT molecular complexity index is 1010. The summed E-state index contributed by atoms with van der Waals surface area (Å²) in [6.07, 6.45) is 13.0. The summed E-state index contributed by atoms with van der Waals surface area (Å²) in [5.41, 5.74) is 0.397. The molecule has 5 rings (SSSR count). The average Bonchev–Trinajstić information content (AvgIpc) is 3.27. The van der Waals surface area contributed by atoms with Crippen molar-refractivity contribution in [2.24, 2.45) is 52.3 Å². The fourth-order valence-electron chi connectivity index (χ4n) is 11.2. The topological polar surface area (TPSA) is 116 Å². The van der Waals surface area contributed by atoms with Crippen LogP contribution >= 0.6 is 0 Å². The van der Waals surface area contributed by atoms with Crippen LogP contribution in [0.25, 0.3) is 0 Å². The van der Waals surface area contributed by atoms with Crippen molar-refractivity contribution in [3.63, 3.8) is 0 Å². The zero-order valence-electron chi connectivity index (χ0n) is 25.4. The third-order valence-electron chi connectivity index (χ3n) is 13.3. The summed E-state index contributed by atoms with van der Waals surface area (Å²) in [4.78, 5) is 12.5. The fraction of sp³-hybridized carbons (Fsp3) is 0.969. The maximum Gasteiger partial charge on any atom is 0.328 e. The van der Waals surface area contributed by atoms with Gasteiger partial charge in [-0.3, -0.25) is 0 Å². The Hall–Kier alpha value is -0.860. The van der Waals surface area contributed by atoms with Gasteiger partial charge in [-0.15, -0.1) is 0 Å². The minimum absolute atomic E-state index is 0.184. The van der Waals surface area contributed by atoms with Crippen LogP contribution in [0.3, 0.4) is 0 Å². The van der Waals surface area contributed by atoms with E-state index in [0.29, 0.717) is 54.9 Å². The predicted molar refractivity (Wildman–Crippen MR) is 158 cm³/mol. The molecule has 2 amide bonds. The molecule has 0 aliphatic heterocycles. The lowest BCUT2D eigenvalue weighted by molar-refractivity contribution is -0.203. The van der Waals surface area contributed by atoms with E-state index in [1.54, 1.807) is 0 Å². The number of carbonyl (C=O) groups is 1. The van der Waals surface area contributed by atoms with E-state index >= 15 is 0 Å². The standard InChI is InChI=1S/C32H56N2O5S/c1-5-23-27-19-21(35)13-16-32(27,4)26-14-17-31(3)24(11-12-25(31)28(26)29(23)36)20(2)15-18-33-30(37)34-40(38,39)22-9-7-6-8-10-22/h20-29,35-36H,5-19H2,1-4H3,(H2,33,34,37)/t20-,21-,23-,24-,25+,26+,27+,28+,29-,31-,32-/m1/s1. The predicted octanol–water partition coefficient (Wildman–Crippen LogP) is 5.60. The molecular weight excluding hydrogens is 524 g/mol. The second-order valence-electron chi connectivity index (χ2n) is 15.1. The van der Waals surface area contributed by atoms with Gasteiger partial charge in [0.05, 0.1) is 17.5 Å². The highest BCUT2D eigenvalue weighted by molar-refractivity contribution is 7.90. The van der Waals surface area contributed by atoms with E-state index in [1.807, 2.05) is 0 Å². The van der Waals surface area contributed by atoms with Crippen LogP contribution in [0.15, 0.2) is 0 Å². The van der Waals surface area contributed by atoms with Gasteiger partial charge in [-0.05, 0) is 116 Å². The zero-order valence-corrected chi connectivity index (χ0v) is 26.2. The number of amides is 2. The number of fused-ring (bicyclic) bond motifs is 5. The summed E-state index contributed by atoms with van der Waals surface area (Å²) in [7, 11) is -3.61. The molecule has 0 aromatic heterocycles. The fourth-order valence-corrected chi connectivity index (χ4v) is 12.6. The van der Waals surface area contributed by atoms with Gasteiger partial charge < -0.3 is 15.5 Å². The van der Waals surface area contributed by atoms with Crippen molar-refractivity contribution in [3.05, 3.63) is 0 Å². The first-order valence-corrected chi connectivity index (χ1v) is 18.1. The minimum atomic E-state index is -3.61. The van der Waals surface area contributed by atoms with Crippen molar-refractivity contribution in [2.45, 2.75) is 135 Å². The summed E-state index contributed by atoms with van der Waals surface area (Å²) in [5, 5.41) is 24.8. The molecule has 8 heteroatoms. The number of aliphatic hydroxyl groups is 2. The zero-order chi connectivity index (χ0) is 28.9. The molecule has 5 saturated carbocycles. The van der Waals surface area contributed by atoms with E-state index in [-0.39, 0.29) is 29.0 Å². The Morgan fingerprint density at radius 3 is 2.30 bits per heavy atom. The van der Waals surface area contributed by atoms with Crippen LogP contribution in [0.2, 0.25) is 0 Å². The molecule has 5 aliphatic rings. The molecule has 40 heavy (non-hydrogen) atoms. The van der Waals surface area contributed by atoms with Gasteiger partial charge in [0.25, 0.3) is 0 Å². The van der Waals surface area contributed by atoms with E-state index < -0.39 is 21.3 Å². The maximum atomic E-state index is 12.6. The lowest BCUT2D eigenvalue weighted by Crippen LogP contribution is -2.62. The smallest absolute Gasteiger partial charge is 0.328 e. The first-order valence-electron chi connectivity index (χ1n) is 16.6. The van der Waals surface area contributed by atoms with Crippen LogP contribution in [-0.2, 0) is 10.0 Å². The second-order valence-corrected chi connectivity index (χ2v) is 17.0. The maximum absolute atomic E-state index is 12.6. The summed E-state index contributed by atoms with van der Waals surface area (Å²) in [6.45, 7) is 9.96. The number of aliphatic hydroxyl groups excluding tert-OH is 2. The number of sulfonamides is 1. The molecule has 4 N–H and O–H groups in total. The number of nitrogens with one attached hydrogen (secondary N) is 2. The molecule has 0 bridgehead atoms. The SMILES string of the molecule is CC[C@H]1[C@@H](O)[C@@H]2[C@H](CC[C@]3(C)[C@@H]([C@H](C)CCNC(=O)NS(=O)(=O)C4CCCCC4)CC[C@@H]23)[C@@]2(C)CC[C@@H](O)C[C@@H]12. The number of hydrogen-bond acceptors (Lipinski definition) is 5. The van der Waals surface area contributed by atoms with Crippen molar-refractivity contribution in [2.75, 3.05) is 6.54 Å². The Morgan fingerprint density at radius 2 is 1.60 bits per heavy atom. The molecule has 0 heterocycles. The molecule has 5 aliphatic carbocycles. The van der Waals surface area contributed by atoms with Crippen LogP contribution in [0, 0.1) is 52.3 Å². The summed E-state index contributed by atoms with van der Waals surface area (Å²) in [5.74, 6) is 3.03. The quantitative estimate of drug-likeness (QED) is 0.313. The second kappa shape index (κ2) is 11.7. The van der Waals surface area contributed by atoms with Gasteiger partial charge in [0, 0.05) is 6.54 Å². The van der Waals surface area contributed by atoms with Crippen LogP contribution in [0.1, 0.15) is 118 Å². The highest BCUT2D eigenvalue weighted by atomic mass is 32.2. The minimum Gasteiger partial charge on any atom is -0.393 e.